The highest BCUT2D eigenvalue weighted by molar-refractivity contribution is 8.24. The standard InChI is InChI=1S/C37H38FNO7S2/c38-25-16-13-22(14-17-25)28(41)7-4-8-31-32(39(37(47)48-31)26-5-2-1-3-6-26)27-18-15-24(19-29(27)42)21-9-11-23(12-10-21)36-35(45)34(44)33(43)30(20-40)46-36/h1-3,5-6,9-19,28,30-36,40-45H,4,7-8,20H2. The van der Waals surface area contributed by atoms with Crippen LogP contribution in [0.25, 0.3) is 11.1 Å². The van der Waals surface area contributed by atoms with Crippen molar-refractivity contribution in [2.45, 2.75) is 67.2 Å². The van der Waals surface area contributed by atoms with Gasteiger partial charge in [-0.2, -0.15) is 0 Å². The van der Waals surface area contributed by atoms with Gasteiger partial charge in [-0.1, -0.05) is 90.7 Å². The largest absolute Gasteiger partial charge is 0.508 e. The van der Waals surface area contributed by atoms with Crippen molar-refractivity contribution in [3.8, 4) is 16.9 Å². The molecule has 11 heteroatoms. The Morgan fingerprint density at radius 3 is 2.21 bits per heavy atom. The van der Waals surface area contributed by atoms with E-state index in [2.05, 4.69) is 4.90 Å². The summed E-state index contributed by atoms with van der Waals surface area (Å²) in [5.74, 6) is -0.236. The van der Waals surface area contributed by atoms with Crippen LogP contribution >= 0.6 is 24.0 Å². The maximum Gasteiger partial charge on any atom is 0.141 e. The van der Waals surface area contributed by atoms with Crippen LogP contribution in [0.3, 0.4) is 0 Å². The fourth-order valence-corrected chi connectivity index (χ4v) is 8.38. The summed E-state index contributed by atoms with van der Waals surface area (Å²) in [6, 6.07) is 28.1. The van der Waals surface area contributed by atoms with Crippen molar-refractivity contribution < 1.29 is 39.8 Å². The van der Waals surface area contributed by atoms with Gasteiger partial charge in [-0.25, -0.2) is 4.39 Å². The van der Waals surface area contributed by atoms with E-state index in [1.807, 2.05) is 54.6 Å². The summed E-state index contributed by atoms with van der Waals surface area (Å²) in [5.41, 5.74) is 4.43. The molecule has 4 aromatic carbocycles. The van der Waals surface area contributed by atoms with Gasteiger partial charge in [0, 0.05) is 16.5 Å². The van der Waals surface area contributed by atoms with Crippen LogP contribution in [-0.2, 0) is 4.74 Å². The van der Waals surface area contributed by atoms with Gasteiger partial charge in [0.15, 0.2) is 0 Å². The molecule has 6 rings (SSSR count). The number of halogens is 1. The van der Waals surface area contributed by atoms with Crippen molar-refractivity contribution in [1.82, 2.24) is 0 Å². The second-order valence-corrected chi connectivity index (χ2v) is 14.1. The monoisotopic (exact) mass is 691 g/mol. The summed E-state index contributed by atoms with van der Waals surface area (Å²) in [6.07, 6.45) is -5.02. The number of thiocarbonyl (C=S) groups is 1. The number of benzene rings is 4. The Balaban J connectivity index is 1.22. The van der Waals surface area contributed by atoms with Crippen LogP contribution in [-0.4, -0.2) is 71.2 Å². The number of aliphatic hydroxyl groups is 5. The van der Waals surface area contributed by atoms with Gasteiger partial charge >= 0.3 is 0 Å². The number of anilines is 1. The smallest absolute Gasteiger partial charge is 0.141 e. The molecule has 2 aliphatic heterocycles. The topological polar surface area (TPSA) is 134 Å². The predicted octanol–water partition coefficient (Wildman–Crippen LogP) is 5.57. The second kappa shape index (κ2) is 15.0. The lowest BCUT2D eigenvalue weighted by atomic mass is 9.90. The summed E-state index contributed by atoms with van der Waals surface area (Å²) >= 11 is 7.45. The third-order valence-electron chi connectivity index (χ3n) is 9.15. The molecule has 6 N–H and O–H groups in total. The number of thioether (sulfide) groups is 1. The van der Waals surface area contributed by atoms with E-state index in [-0.39, 0.29) is 22.9 Å². The summed E-state index contributed by atoms with van der Waals surface area (Å²) in [4.78, 5) is 2.07. The molecule has 8 atom stereocenters. The normalized spacial score (nSPS) is 26.5. The van der Waals surface area contributed by atoms with Crippen molar-refractivity contribution in [1.29, 1.82) is 0 Å². The van der Waals surface area contributed by atoms with Crippen molar-refractivity contribution >= 4 is 34.0 Å². The molecule has 0 amide bonds. The quantitative estimate of drug-likeness (QED) is 0.117. The summed E-state index contributed by atoms with van der Waals surface area (Å²) in [6.45, 7) is -0.504. The number of para-hydroxylation sites is 1. The molecule has 0 radical (unpaired) electrons. The number of hydrogen-bond donors (Lipinski definition) is 6. The van der Waals surface area contributed by atoms with E-state index in [9.17, 15) is 35.0 Å². The number of hydrogen-bond acceptors (Lipinski definition) is 9. The Labute approximate surface area is 288 Å². The lowest BCUT2D eigenvalue weighted by Gasteiger charge is -2.40. The summed E-state index contributed by atoms with van der Waals surface area (Å²) in [5, 5.41) is 62.6. The molecular formula is C37H38FNO7S2. The summed E-state index contributed by atoms with van der Waals surface area (Å²) < 4.78 is 19.8. The maximum atomic E-state index is 13.4. The molecule has 8 nitrogen and oxygen atoms in total. The van der Waals surface area contributed by atoms with Crippen molar-refractivity contribution in [2.24, 2.45) is 0 Å². The zero-order valence-corrected chi connectivity index (χ0v) is 27.6. The molecule has 0 aromatic heterocycles. The van der Waals surface area contributed by atoms with Crippen LogP contribution in [0.4, 0.5) is 10.1 Å². The predicted molar refractivity (Wildman–Crippen MR) is 187 cm³/mol. The first-order valence-electron chi connectivity index (χ1n) is 15.9. The zero-order chi connectivity index (χ0) is 33.9. The van der Waals surface area contributed by atoms with E-state index in [0.717, 1.165) is 28.8 Å². The molecule has 252 valence electrons. The van der Waals surface area contributed by atoms with Crippen LogP contribution in [0.2, 0.25) is 0 Å². The molecule has 8 unspecified atom stereocenters. The van der Waals surface area contributed by atoms with Crippen LogP contribution in [0, 0.1) is 5.82 Å². The van der Waals surface area contributed by atoms with Crippen LogP contribution in [0.5, 0.6) is 5.75 Å². The molecule has 4 aromatic rings. The Bertz CT molecular complexity index is 1690. The Morgan fingerprint density at radius 1 is 0.854 bits per heavy atom. The highest BCUT2D eigenvalue weighted by Gasteiger charge is 2.44. The number of ether oxygens (including phenoxy) is 1. The molecule has 0 bridgehead atoms. The second-order valence-electron chi connectivity index (χ2n) is 12.2. The van der Waals surface area contributed by atoms with Crippen LogP contribution < -0.4 is 4.90 Å². The van der Waals surface area contributed by atoms with Gasteiger partial charge in [-0.3, -0.25) is 0 Å². The van der Waals surface area contributed by atoms with Crippen molar-refractivity contribution in [3.05, 3.63) is 120 Å². The van der Waals surface area contributed by atoms with Crippen LogP contribution in [0.15, 0.2) is 97.1 Å². The highest BCUT2D eigenvalue weighted by atomic mass is 32.2. The first-order valence-corrected chi connectivity index (χ1v) is 17.2. The van der Waals surface area contributed by atoms with Gasteiger partial charge in [0.2, 0.25) is 0 Å². The van der Waals surface area contributed by atoms with Gasteiger partial charge in [0.05, 0.1) is 18.8 Å². The van der Waals surface area contributed by atoms with Crippen molar-refractivity contribution in [2.75, 3.05) is 11.5 Å². The minimum absolute atomic E-state index is 0.00676. The SMILES string of the molecule is OCC1OC(c2ccc(-c3ccc(C4C(CCCC(O)c5ccc(F)cc5)SC(=S)N4c4ccccc4)c(O)c3)cc2)C(O)C(O)C1O. The molecule has 2 saturated heterocycles. The Hall–Kier alpha value is -3.39. The molecule has 0 spiro atoms. The summed E-state index contributed by atoms with van der Waals surface area (Å²) in [7, 11) is 0. The Morgan fingerprint density at radius 2 is 1.54 bits per heavy atom. The van der Waals surface area contributed by atoms with E-state index < -0.39 is 43.2 Å². The third-order valence-corrected chi connectivity index (χ3v) is 10.8. The number of rotatable bonds is 10. The van der Waals surface area contributed by atoms with Gasteiger partial charge < -0.3 is 40.3 Å². The molecule has 2 fully saturated rings. The average Bonchev–Trinajstić information content (AvgIpc) is 3.43. The van der Waals surface area contributed by atoms with Crippen molar-refractivity contribution in [3.63, 3.8) is 0 Å². The number of nitrogens with zero attached hydrogens (tertiary/aromatic N) is 1. The number of aromatic hydroxyl groups is 1. The number of aliphatic hydroxyl groups excluding tert-OH is 5. The van der Waals surface area contributed by atoms with Gasteiger partial charge in [0.25, 0.3) is 0 Å². The van der Waals surface area contributed by atoms with E-state index in [0.29, 0.717) is 28.3 Å². The minimum Gasteiger partial charge on any atom is -0.508 e. The highest BCUT2D eigenvalue weighted by Crippen LogP contribution is 2.49. The van der Waals surface area contributed by atoms with E-state index in [1.165, 1.54) is 12.1 Å². The van der Waals surface area contributed by atoms with Gasteiger partial charge in [-0.15, -0.1) is 0 Å². The van der Waals surface area contributed by atoms with E-state index in [4.69, 9.17) is 17.0 Å². The number of phenolic OH excluding ortho intramolecular Hbond substituents is 1. The van der Waals surface area contributed by atoms with E-state index in [1.54, 1.807) is 42.1 Å². The first-order chi connectivity index (χ1) is 23.2. The van der Waals surface area contributed by atoms with E-state index >= 15 is 0 Å². The molecule has 0 aliphatic carbocycles. The average molecular weight is 692 g/mol. The molecule has 2 aliphatic rings. The zero-order valence-electron chi connectivity index (χ0n) is 25.9. The number of phenols is 1. The van der Waals surface area contributed by atoms with Gasteiger partial charge in [0.1, 0.15) is 46.4 Å². The lowest BCUT2D eigenvalue weighted by molar-refractivity contribution is -0.231. The minimum atomic E-state index is -1.47. The lowest BCUT2D eigenvalue weighted by Crippen LogP contribution is -2.55. The fraction of sp³-hybridized carbons (Fsp3) is 0.324. The molecule has 48 heavy (non-hydrogen) atoms. The molecular weight excluding hydrogens is 654 g/mol. The Kier molecular flexibility index (Phi) is 10.8. The third kappa shape index (κ3) is 7.15. The van der Waals surface area contributed by atoms with Crippen LogP contribution in [0.1, 0.15) is 54.2 Å². The maximum absolute atomic E-state index is 13.4. The fourth-order valence-electron chi connectivity index (χ4n) is 6.52. The molecule has 0 saturated carbocycles. The molecule has 2 heterocycles. The van der Waals surface area contributed by atoms with Gasteiger partial charge in [-0.05, 0) is 71.8 Å². The first kappa shape index (κ1) is 34.5.